The number of rotatable bonds is 10. The summed E-state index contributed by atoms with van der Waals surface area (Å²) in [5, 5.41) is 3.10. The molecule has 0 aliphatic heterocycles. The monoisotopic (exact) mass is 538 g/mol. The van der Waals surface area contributed by atoms with Crippen molar-refractivity contribution in [3.8, 4) is 5.75 Å². The third-order valence-electron chi connectivity index (χ3n) is 7.06. The van der Waals surface area contributed by atoms with Gasteiger partial charge in [-0.2, -0.15) is 17.9 Å². The van der Waals surface area contributed by atoms with Crippen molar-refractivity contribution < 1.29 is 17.9 Å². The Kier molecular flexibility index (Phi) is 8.60. The van der Waals surface area contributed by atoms with Crippen molar-refractivity contribution in [2.75, 3.05) is 19.4 Å². The number of aromatic nitrogens is 2. The summed E-state index contributed by atoms with van der Waals surface area (Å²) in [6.07, 6.45) is 4.17. The van der Waals surface area contributed by atoms with Crippen molar-refractivity contribution in [3.05, 3.63) is 83.3 Å². The smallest absolute Gasteiger partial charge is 0.277 e. The van der Waals surface area contributed by atoms with Crippen molar-refractivity contribution in [1.29, 1.82) is 0 Å². The number of benzene rings is 2. The highest BCUT2D eigenvalue weighted by Crippen LogP contribution is 2.39. The summed E-state index contributed by atoms with van der Waals surface area (Å²) in [4.78, 5) is 21.2. The Bertz CT molecular complexity index is 1360. The predicted molar refractivity (Wildman–Crippen MR) is 146 cm³/mol. The third kappa shape index (κ3) is 6.66. The topological polar surface area (TPSA) is 148 Å². The Labute approximate surface area is 223 Å². The van der Waals surface area contributed by atoms with Crippen LogP contribution in [0.2, 0.25) is 0 Å². The number of amides is 1. The fraction of sp³-hybridized carbons (Fsp3) is 0.370. The molecule has 0 radical (unpaired) electrons. The second kappa shape index (κ2) is 11.9. The maximum absolute atomic E-state index is 13.0. The van der Waals surface area contributed by atoms with Gasteiger partial charge in [0.15, 0.2) is 0 Å². The van der Waals surface area contributed by atoms with E-state index in [9.17, 15) is 13.2 Å². The van der Waals surface area contributed by atoms with E-state index in [1.54, 1.807) is 25.1 Å². The molecule has 1 heterocycles. The Hall–Kier alpha value is -3.54. The zero-order valence-electron chi connectivity index (χ0n) is 21.6. The molecule has 1 fully saturated rings. The SMILES string of the molecule is COc1ccccc1C(=O)NC[C@]1(c2ccccc2)CC[C@H](NS(=O)(=O)NCc2cnc(C)nc2N)CC1. The number of hydrogen-bond acceptors (Lipinski definition) is 7. The van der Waals surface area contributed by atoms with Crippen molar-refractivity contribution >= 4 is 21.9 Å². The molecule has 10 nitrogen and oxygen atoms in total. The lowest BCUT2D eigenvalue weighted by molar-refractivity contribution is 0.0932. The normalized spacial score (nSPS) is 19.6. The number of nitrogens with two attached hydrogens (primary N) is 1. The number of nitrogen functional groups attached to an aromatic ring is 1. The first-order valence-corrected chi connectivity index (χ1v) is 14.0. The van der Waals surface area contributed by atoms with Gasteiger partial charge in [-0.15, -0.1) is 0 Å². The van der Waals surface area contributed by atoms with Crippen LogP contribution in [0.4, 0.5) is 5.82 Å². The van der Waals surface area contributed by atoms with Crippen molar-refractivity contribution in [3.63, 3.8) is 0 Å². The summed E-state index contributed by atoms with van der Waals surface area (Å²) in [5.74, 6) is 1.09. The fourth-order valence-electron chi connectivity index (χ4n) is 4.91. The fourth-order valence-corrected chi connectivity index (χ4v) is 6.01. The van der Waals surface area contributed by atoms with Gasteiger partial charge in [0.2, 0.25) is 0 Å². The maximum Gasteiger partial charge on any atom is 0.277 e. The van der Waals surface area contributed by atoms with E-state index in [0.717, 1.165) is 5.56 Å². The molecule has 0 saturated heterocycles. The number of carbonyl (C=O) groups excluding carboxylic acids is 1. The van der Waals surface area contributed by atoms with Crippen LogP contribution in [-0.4, -0.2) is 44.0 Å². The molecule has 0 unspecified atom stereocenters. The molecule has 1 saturated carbocycles. The molecule has 0 bridgehead atoms. The molecule has 1 aromatic heterocycles. The number of methoxy groups -OCH3 is 1. The molecule has 0 spiro atoms. The van der Waals surface area contributed by atoms with Crippen molar-refractivity contribution in [2.24, 2.45) is 0 Å². The van der Waals surface area contributed by atoms with E-state index in [1.807, 2.05) is 24.3 Å². The maximum atomic E-state index is 13.0. The van der Waals surface area contributed by atoms with Gasteiger partial charge in [0.25, 0.3) is 16.1 Å². The molecule has 3 aromatic rings. The summed E-state index contributed by atoms with van der Waals surface area (Å²) in [5.41, 5.74) is 7.67. The van der Waals surface area contributed by atoms with Crippen LogP contribution < -0.4 is 25.2 Å². The minimum Gasteiger partial charge on any atom is -0.496 e. The highest BCUT2D eigenvalue weighted by atomic mass is 32.2. The number of carbonyl (C=O) groups is 1. The second-order valence-corrected chi connectivity index (χ2v) is 11.1. The summed E-state index contributed by atoms with van der Waals surface area (Å²) in [7, 11) is -2.23. The zero-order valence-corrected chi connectivity index (χ0v) is 22.4. The minimum absolute atomic E-state index is 0.00288. The number of hydrogen-bond donors (Lipinski definition) is 4. The lowest BCUT2D eigenvalue weighted by Gasteiger charge is -2.41. The Morgan fingerprint density at radius 1 is 1.11 bits per heavy atom. The average Bonchev–Trinajstić information content (AvgIpc) is 2.92. The van der Waals surface area contributed by atoms with Gasteiger partial charge in [-0.25, -0.2) is 9.97 Å². The van der Waals surface area contributed by atoms with Crippen LogP contribution in [0.3, 0.4) is 0 Å². The predicted octanol–water partition coefficient (Wildman–Crippen LogP) is 2.61. The van der Waals surface area contributed by atoms with Gasteiger partial charge < -0.3 is 15.8 Å². The van der Waals surface area contributed by atoms with E-state index in [-0.39, 0.29) is 29.7 Å². The molecule has 5 N–H and O–H groups in total. The van der Waals surface area contributed by atoms with Gasteiger partial charge in [-0.05, 0) is 50.3 Å². The third-order valence-corrected chi connectivity index (χ3v) is 8.23. The van der Waals surface area contributed by atoms with Gasteiger partial charge in [0, 0.05) is 36.3 Å². The lowest BCUT2D eigenvalue weighted by Crippen LogP contribution is -2.49. The zero-order chi connectivity index (χ0) is 27.2. The van der Waals surface area contributed by atoms with Crippen LogP contribution in [-0.2, 0) is 22.2 Å². The van der Waals surface area contributed by atoms with Crippen LogP contribution in [0.25, 0.3) is 0 Å². The molecule has 202 valence electrons. The molecule has 1 aliphatic rings. The van der Waals surface area contributed by atoms with Crippen LogP contribution in [0.15, 0.2) is 60.8 Å². The Morgan fingerprint density at radius 3 is 2.47 bits per heavy atom. The molecule has 2 aromatic carbocycles. The van der Waals surface area contributed by atoms with Crippen LogP contribution in [0, 0.1) is 6.92 Å². The highest BCUT2D eigenvalue weighted by molar-refractivity contribution is 7.87. The van der Waals surface area contributed by atoms with Gasteiger partial charge >= 0.3 is 0 Å². The standard InChI is InChI=1S/C27H34N6O4S/c1-19-29-16-20(25(28)32-19)17-31-38(35,36)33-22-12-14-27(15-13-22,21-8-4-3-5-9-21)18-30-26(34)23-10-6-7-11-24(23)37-2/h3-11,16,22,31,33H,12-15,17-18H2,1-2H3,(H,30,34)(H2,28,29,32)/t22-,27-. The average molecular weight is 539 g/mol. The largest absolute Gasteiger partial charge is 0.496 e. The van der Waals surface area contributed by atoms with Gasteiger partial charge in [-0.3, -0.25) is 4.79 Å². The number of nitrogens with zero attached hydrogens (tertiary/aromatic N) is 2. The first kappa shape index (κ1) is 27.5. The van der Waals surface area contributed by atoms with E-state index in [1.165, 1.54) is 13.3 Å². The Morgan fingerprint density at radius 2 is 1.79 bits per heavy atom. The Balaban J connectivity index is 1.40. The van der Waals surface area contributed by atoms with Gasteiger partial charge in [0.1, 0.15) is 17.4 Å². The summed E-state index contributed by atoms with van der Waals surface area (Å²) in [6.45, 7) is 2.14. The molecule has 38 heavy (non-hydrogen) atoms. The van der Waals surface area contributed by atoms with E-state index >= 15 is 0 Å². The first-order chi connectivity index (χ1) is 18.2. The molecule has 1 aliphatic carbocycles. The minimum atomic E-state index is -3.77. The van der Waals surface area contributed by atoms with Crippen LogP contribution in [0.1, 0.15) is 53.0 Å². The number of para-hydroxylation sites is 1. The quantitative estimate of drug-likeness (QED) is 0.310. The van der Waals surface area contributed by atoms with Gasteiger partial charge in [-0.1, -0.05) is 42.5 Å². The lowest BCUT2D eigenvalue weighted by atomic mass is 9.68. The highest BCUT2D eigenvalue weighted by Gasteiger charge is 2.38. The van der Waals surface area contributed by atoms with Crippen LogP contribution in [0.5, 0.6) is 5.75 Å². The molecule has 1 amide bonds. The van der Waals surface area contributed by atoms with E-state index in [2.05, 4.69) is 36.9 Å². The molecule has 4 rings (SSSR count). The summed E-state index contributed by atoms with van der Waals surface area (Å²) in [6, 6.07) is 16.9. The number of ether oxygens (including phenoxy) is 1. The molecular formula is C27H34N6O4S. The number of nitrogens with one attached hydrogen (secondary N) is 3. The van der Waals surface area contributed by atoms with Crippen molar-refractivity contribution in [1.82, 2.24) is 24.7 Å². The molecular weight excluding hydrogens is 504 g/mol. The van der Waals surface area contributed by atoms with E-state index < -0.39 is 10.2 Å². The number of anilines is 1. The number of aryl methyl sites for hydroxylation is 1. The van der Waals surface area contributed by atoms with E-state index in [0.29, 0.717) is 54.9 Å². The van der Waals surface area contributed by atoms with Crippen LogP contribution >= 0.6 is 0 Å². The van der Waals surface area contributed by atoms with Gasteiger partial charge in [0.05, 0.1) is 12.7 Å². The molecule has 11 heteroatoms. The van der Waals surface area contributed by atoms with Crippen molar-refractivity contribution in [2.45, 2.75) is 50.6 Å². The summed E-state index contributed by atoms with van der Waals surface area (Å²) >= 11 is 0. The second-order valence-electron chi connectivity index (χ2n) is 9.57. The molecule has 0 atom stereocenters. The van der Waals surface area contributed by atoms with E-state index in [4.69, 9.17) is 10.5 Å². The first-order valence-electron chi connectivity index (χ1n) is 12.5. The summed E-state index contributed by atoms with van der Waals surface area (Å²) < 4.78 is 36.1.